The van der Waals surface area contributed by atoms with E-state index in [4.69, 9.17) is 5.11 Å². The summed E-state index contributed by atoms with van der Waals surface area (Å²) in [7, 11) is 0. The molecule has 0 aliphatic rings. The molecule has 1 N–H and O–H groups in total. The Labute approximate surface area is 58.8 Å². The molecule has 0 heterocycles. The molecule has 0 fully saturated rings. The molecule has 0 amide bonds. The molecule has 0 bridgehead atoms. The van der Waals surface area contributed by atoms with Crippen LogP contribution in [0.4, 0.5) is 9.18 Å². The van der Waals surface area contributed by atoms with Gasteiger partial charge in [-0.15, -0.1) is 0 Å². The number of hydrogen-bond donors (Lipinski definition) is 1. The van der Waals surface area contributed by atoms with E-state index in [1.807, 2.05) is 0 Å². The maximum absolute atomic E-state index is 11.4. The summed E-state index contributed by atoms with van der Waals surface area (Å²) >= 11 is 0. The predicted molar refractivity (Wildman–Crippen MR) is 33.8 cm³/mol. The molecule has 10 heavy (non-hydrogen) atoms. The van der Waals surface area contributed by atoms with Crippen LogP contribution in [0.3, 0.4) is 0 Å². The Kier molecular flexibility index (Phi) is 5.82. The first kappa shape index (κ1) is 9.20. The summed E-state index contributed by atoms with van der Waals surface area (Å²) in [6.45, 7) is -0.164. The number of hydrogen-bond acceptors (Lipinski definition) is 2. The van der Waals surface area contributed by atoms with E-state index >= 15 is 0 Å². The minimum absolute atomic E-state index is 0.176. The first-order chi connectivity index (χ1) is 4.77. The standard InChI is InChI=1S/C6H11FO3/c7-4-2-1-3-5-10-6(8)9/h1-5H2,(H,8,9). The van der Waals surface area contributed by atoms with Crippen molar-refractivity contribution in [2.45, 2.75) is 19.3 Å². The predicted octanol–water partition coefficient (Wildman–Crippen LogP) is 1.82. The van der Waals surface area contributed by atoms with Gasteiger partial charge in [0.1, 0.15) is 0 Å². The van der Waals surface area contributed by atoms with Gasteiger partial charge in [0, 0.05) is 0 Å². The SMILES string of the molecule is O=C(O)OCCCCCF. The summed E-state index contributed by atoms with van der Waals surface area (Å²) < 4.78 is 15.6. The van der Waals surface area contributed by atoms with Crippen molar-refractivity contribution in [3.8, 4) is 0 Å². The Morgan fingerprint density at radius 1 is 1.40 bits per heavy atom. The molecule has 0 saturated heterocycles. The summed E-state index contributed by atoms with van der Waals surface area (Å²) in [5, 5.41) is 7.97. The zero-order chi connectivity index (χ0) is 7.82. The fourth-order valence-corrected chi connectivity index (χ4v) is 0.533. The molecule has 0 spiro atoms. The van der Waals surface area contributed by atoms with Crippen molar-refractivity contribution < 1.29 is 19.0 Å². The maximum Gasteiger partial charge on any atom is 0.505 e. The van der Waals surface area contributed by atoms with Gasteiger partial charge in [-0.3, -0.25) is 4.39 Å². The van der Waals surface area contributed by atoms with Crippen molar-refractivity contribution in [1.82, 2.24) is 0 Å². The maximum atomic E-state index is 11.4. The highest BCUT2D eigenvalue weighted by Crippen LogP contribution is 1.95. The van der Waals surface area contributed by atoms with E-state index in [1.54, 1.807) is 0 Å². The molecule has 60 valence electrons. The summed E-state index contributed by atoms with van der Waals surface area (Å²) in [4.78, 5) is 9.74. The molecule has 0 aromatic carbocycles. The highest BCUT2D eigenvalue weighted by Gasteiger charge is 1.94. The zero-order valence-corrected chi connectivity index (χ0v) is 5.68. The molecule has 0 rings (SSSR count). The number of rotatable bonds is 5. The third kappa shape index (κ3) is 7.20. The number of carboxylic acid groups (broad SMARTS) is 1. The van der Waals surface area contributed by atoms with Gasteiger partial charge in [0.25, 0.3) is 0 Å². The summed E-state index contributed by atoms with van der Waals surface area (Å²) in [6, 6.07) is 0. The lowest BCUT2D eigenvalue weighted by Gasteiger charge is -1.97. The van der Waals surface area contributed by atoms with E-state index < -0.39 is 6.16 Å². The highest BCUT2D eigenvalue weighted by atomic mass is 19.1. The minimum atomic E-state index is -1.26. The molecular weight excluding hydrogens is 139 g/mol. The Morgan fingerprint density at radius 3 is 2.60 bits per heavy atom. The number of unbranched alkanes of at least 4 members (excludes halogenated alkanes) is 2. The van der Waals surface area contributed by atoms with E-state index in [0.717, 1.165) is 0 Å². The molecule has 4 heteroatoms. The monoisotopic (exact) mass is 150 g/mol. The van der Waals surface area contributed by atoms with E-state index in [-0.39, 0.29) is 13.3 Å². The fourth-order valence-electron chi connectivity index (χ4n) is 0.533. The van der Waals surface area contributed by atoms with Crippen LogP contribution >= 0.6 is 0 Å². The van der Waals surface area contributed by atoms with Gasteiger partial charge in [-0.2, -0.15) is 0 Å². The highest BCUT2D eigenvalue weighted by molar-refractivity contribution is 5.56. The van der Waals surface area contributed by atoms with Gasteiger partial charge in [-0.1, -0.05) is 0 Å². The summed E-state index contributed by atoms with van der Waals surface area (Å²) in [5.41, 5.74) is 0. The average Bonchev–Trinajstić information content (AvgIpc) is 1.87. The molecule has 3 nitrogen and oxygen atoms in total. The van der Waals surface area contributed by atoms with Gasteiger partial charge in [0.05, 0.1) is 13.3 Å². The van der Waals surface area contributed by atoms with Crippen LogP contribution in [0.1, 0.15) is 19.3 Å². The molecule has 0 unspecified atom stereocenters. The first-order valence-electron chi connectivity index (χ1n) is 3.19. The third-order valence-corrected chi connectivity index (χ3v) is 1.00. The van der Waals surface area contributed by atoms with Crippen LogP contribution in [0.5, 0.6) is 0 Å². The molecule has 0 saturated carbocycles. The van der Waals surface area contributed by atoms with Crippen LogP contribution in [0.25, 0.3) is 0 Å². The largest absolute Gasteiger partial charge is 0.505 e. The van der Waals surface area contributed by atoms with Crippen molar-refractivity contribution in [1.29, 1.82) is 0 Å². The van der Waals surface area contributed by atoms with Gasteiger partial charge in [-0.05, 0) is 19.3 Å². The van der Waals surface area contributed by atoms with Crippen molar-refractivity contribution in [2.24, 2.45) is 0 Å². The van der Waals surface area contributed by atoms with Crippen LogP contribution in [-0.2, 0) is 4.74 Å². The fraction of sp³-hybridized carbons (Fsp3) is 0.833. The van der Waals surface area contributed by atoms with E-state index in [0.29, 0.717) is 19.3 Å². The Hall–Kier alpha value is -0.800. The Bertz CT molecular complexity index is 95.0. The lowest BCUT2D eigenvalue weighted by molar-refractivity contribution is 0.0899. The molecular formula is C6H11FO3. The van der Waals surface area contributed by atoms with Gasteiger partial charge in [0.2, 0.25) is 0 Å². The number of halogens is 1. The molecule has 0 aliphatic heterocycles. The van der Waals surface area contributed by atoms with Gasteiger partial charge < -0.3 is 9.84 Å². The normalized spacial score (nSPS) is 9.30. The molecule has 0 aromatic heterocycles. The van der Waals surface area contributed by atoms with Gasteiger partial charge in [-0.25, -0.2) is 4.79 Å². The van der Waals surface area contributed by atoms with Crippen molar-refractivity contribution >= 4 is 6.16 Å². The second-order valence-corrected chi connectivity index (χ2v) is 1.86. The summed E-state index contributed by atoms with van der Waals surface area (Å²) in [6.07, 6.45) is 0.517. The minimum Gasteiger partial charge on any atom is -0.450 e. The molecule has 0 radical (unpaired) electrons. The van der Waals surface area contributed by atoms with Crippen molar-refractivity contribution in [2.75, 3.05) is 13.3 Å². The van der Waals surface area contributed by atoms with Gasteiger partial charge >= 0.3 is 6.16 Å². The summed E-state index contributed by atoms with van der Waals surface area (Å²) in [5.74, 6) is 0. The van der Waals surface area contributed by atoms with Crippen LogP contribution in [0, 0.1) is 0 Å². The van der Waals surface area contributed by atoms with Crippen LogP contribution in [-0.4, -0.2) is 24.5 Å². The third-order valence-electron chi connectivity index (χ3n) is 1.00. The average molecular weight is 150 g/mol. The smallest absolute Gasteiger partial charge is 0.450 e. The topological polar surface area (TPSA) is 46.5 Å². The lowest BCUT2D eigenvalue weighted by atomic mass is 10.3. The Morgan fingerprint density at radius 2 is 2.10 bits per heavy atom. The number of ether oxygens (including phenoxy) is 1. The van der Waals surface area contributed by atoms with E-state index in [1.165, 1.54) is 0 Å². The second kappa shape index (κ2) is 6.32. The molecule has 0 aromatic rings. The second-order valence-electron chi connectivity index (χ2n) is 1.86. The quantitative estimate of drug-likeness (QED) is 0.480. The molecule has 0 atom stereocenters. The van der Waals surface area contributed by atoms with Crippen LogP contribution in [0.15, 0.2) is 0 Å². The van der Waals surface area contributed by atoms with E-state index in [2.05, 4.69) is 4.74 Å². The lowest BCUT2D eigenvalue weighted by Crippen LogP contribution is -2.01. The van der Waals surface area contributed by atoms with Crippen molar-refractivity contribution in [3.63, 3.8) is 0 Å². The van der Waals surface area contributed by atoms with Gasteiger partial charge in [0.15, 0.2) is 0 Å². The first-order valence-corrected chi connectivity index (χ1v) is 3.19. The van der Waals surface area contributed by atoms with Crippen LogP contribution in [0.2, 0.25) is 0 Å². The Balaban J connectivity index is 2.84. The van der Waals surface area contributed by atoms with Crippen molar-refractivity contribution in [3.05, 3.63) is 0 Å². The number of alkyl halides is 1. The molecule has 0 aliphatic carbocycles. The van der Waals surface area contributed by atoms with Crippen LogP contribution < -0.4 is 0 Å². The van der Waals surface area contributed by atoms with E-state index in [9.17, 15) is 9.18 Å². The number of carbonyl (C=O) groups is 1. The zero-order valence-electron chi connectivity index (χ0n) is 5.68.